The highest BCUT2D eigenvalue weighted by Gasteiger charge is 2.17. The van der Waals surface area contributed by atoms with Gasteiger partial charge in [0, 0.05) is 0 Å². The number of amides is 1. The summed E-state index contributed by atoms with van der Waals surface area (Å²) in [6, 6.07) is 15.0. The van der Waals surface area contributed by atoms with E-state index in [1.807, 2.05) is 36.4 Å². The van der Waals surface area contributed by atoms with Crippen LogP contribution in [0.25, 0.3) is 0 Å². The Morgan fingerprint density at radius 1 is 1.09 bits per heavy atom. The van der Waals surface area contributed by atoms with Crippen molar-refractivity contribution in [1.82, 2.24) is 0 Å². The van der Waals surface area contributed by atoms with Gasteiger partial charge in [-0.3, -0.25) is 4.79 Å². The lowest BCUT2D eigenvalue weighted by molar-refractivity contribution is -0.122. The summed E-state index contributed by atoms with van der Waals surface area (Å²) in [4.78, 5) is 12.3. The topological polar surface area (TPSA) is 47.6 Å². The number of anilines is 1. The van der Waals surface area contributed by atoms with Crippen LogP contribution in [0.1, 0.15) is 19.4 Å². The minimum atomic E-state index is -0.599. The number of nitrogens with one attached hydrogen (secondary N) is 1. The van der Waals surface area contributed by atoms with Gasteiger partial charge in [0.2, 0.25) is 0 Å². The van der Waals surface area contributed by atoms with Crippen molar-refractivity contribution in [3.63, 3.8) is 0 Å². The van der Waals surface area contributed by atoms with E-state index < -0.39 is 6.10 Å². The van der Waals surface area contributed by atoms with Gasteiger partial charge in [-0.2, -0.15) is 0 Å². The van der Waals surface area contributed by atoms with Crippen molar-refractivity contribution in [2.45, 2.75) is 26.4 Å². The van der Waals surface area contributed by atoms with Crippen LogP contribution < -0.4 is 14.8 Å². The molecule has 0 fully saturated rings. The van der Waals surface area contributed by atoms with Crippen LogP contribution in [-0.2, 0) is 11.2 Å². The molecule has 0 unspecified atom stereocenters. The predicted octanol–water partition coefficient (Wildman–Crippen LogP) is 3.66. The molecule has 0 aliphatic heterocycles. The molecule has 4 nitrogen and oxygen atoms in total. The summed E-state index contributed by atoms with van der Waals surface area (Å²) in [6.07, 6.45) is 0.259. The van der Waals surface area contributed by atoms with E-state index in [2.05, 4.69) is 12.2 Å². The fraction of sp³-hybridized carbons (Fsp3) is 0.278. The fourth-order valence-corrected chi connectivity index (χ4v) is 2.14. The number of hydrogen-bond donors (Lipinski definition) is 1. The largest absolute Gasteiger partial charge is 0.495 e. The lowest BCUT2D eigenvalue weighted by Crippen LogP contribution is -2.30. The van der Waals surface area contributed by atoms with Gasteiger partial charge in [-0.25, -0.2) is 0 Å². The average molecular weight is 299 g/mol. The molecule has 0 radical (unpaired) electrons. The summed E-state index contributed by atoms with van der Waals surface area (Å²) in [5.41, 5.74) is 1.72. The average Bonchev–Trinajstić information content (AvgIpc) is 2.55. The lowest BCUT2D eigenvalue weighted by atomic mass is 10.1. The Hall–Kier alpha value is -2.49. The van der Waals surface area contributed by atoms with Crippen LogP contribution in [0.15, 0.2) is 48.5 Å². The highest BCUT2D eigenvalue weighted by molar-refractivity contribution is 5.95. The first-order valence-electron chi connectivity index (χ1n) is 7.34. The molecule has 2 aromatic rings. The fourth-order valence-electron chi connectivity index (χ4n) is 2.14. The maximum atomic E-state index is 12.3. The minimum absolute atomic E-state index is 0.213. The van der Waals surface area contributed by atoms with Crippen LogP contribution in [0, 0.1) is 0 Å². The molecule has 1 atom stereocenters. The number of methoxy groups -OCH3 is 1. The first-order valence-corrected chi connectivity index (χ1v) is 7.34. The van der Waals surface area contributed by atoms with Gasteiger partial charge in [-0.15, -0.1) is 0 Å². The zero-order valence-corrected chi connectivity index (χ0v) is 13.1. The Morgan fingerprint density at radius 3 is 2.41 bits per heavy atom. The molecule has 0 aliphatic rings. The van der Waals surface area contributed by atoms with Crippen molar-refractivity contribution in [3.8, 4) is 11.5 Å². The van der Waals surface area contributed by atoms with E-state index in [1.165, 1.54) is 0 Å². The standard InChI is InChI=1S/C18H21NO3/c1-4-14-9-5-7-11-16(14)22-13(2)18(20)19-15-10-6-8-12-17(15)21-3/h5-13H,4H2,1-3H3,(H,19,20)/t13-/m0/s1. The smallest absolute Gasteiger partial charge is 0.265 e. The monoisotopic (exact) mass is 299 g/mol. The van der Waals surface area contributed by atoms with Crippen LogP contribution >= 0.6 is 0 Å². The van der Waals surface area contributed by atoms with Gasteiger partial charge in [-0.1, -0.05) is 37.3 Å². The van der Waals surface area contributed by atoms with E-state index in [-0.39, 0.29) is 5.91 Å². The second kappa shape index (κ2) is 7.50. The second-order valence-corrected chi connectivity index (χ2v) is 4.91. The van der Waals surface area contributed by atoms with Crippen molar-refractivity contribution >= 4 is 11.6 Å². The molecule has 2 aromatic carbocycles. The van der Waals surface area contributed by atoms with Crippen LogP contribution in [0.3, 0.4) is 0 Å². The lowest BCUT2D eigenvalue weighted by Gasteiger charge is -2.17. The van der Waals surface area contributed by atoms with Gasteiger partial charge in [-0.05, 0) is 37.1 Å². The van der Waals surface area contributed by atoms with E-state index in [9.17, 15) is 4.79 Å². The van der Waals surface area contributed by atoms with Crippen molar-refractivity contribution in [1.29, 1.82) is 0 Å². The Bertz CT molecular complexity index is 640. The van der Waals surface area contributed by atoms with Crippen LogP contribution in [0.5, 0.6) is 11.5 Å². The number of ether oxygens (including phenoxy) is 2. The summed E-state index contributed by atoms with van der Waals surface area (Å²) in [6.45, 7) is 3.79. The third-order valence-electron chi connectivity index (χ3n) is 3.39. The maximum Gasteiger partial charge on any atom is 0.265 e. The molecule has 0 aliphatic carbocycles. The molecule has 22 heavy (non-hydrogen) atoms. The van der Waals surface area contributed by atoms with E-state index in [0.717, 1.165) is 17.7 Å². The van der Waals surface area contributed by atoms with Crippen molar-refractivity contribution in [2.75, 3.05) is 12.4 Å². The molecule has 0 spiro atoms. The summed E-state index contributed by atoms with van der Waals surface area (Å²) in [5, 5.41) is 2.83. The van der Waals surface area contributed by atoms with Gasteiger partial charge in [0.15, 0.2) is 6.10 Å². The first kappa shape index (κ1) is 15.9. The Labute approximate surface area is 131 Å². The quantitative estimate of drug-likeness (QED) is 0.885. The minimum Gasteiger partial charge on any atom is -0.495 e. The molecule has 0 saturated heterocycles. The number of carbonyl (C=O) groups is 1. The Kier molecular flexibility index (Phi) is 5.42. The van der Waals surface area contributed by atoms with Gasteiger partial charge >= 0.3 is 0 Å². The van der Waals surface area contributed by atoms with Gasteiger partial charge in [0.1, 0.15) is 11.5 Å². The number of hydrogen-bond acceptors (Lipinski definition) is 3. The molecule has 0 heterocycles. The van der Waals surface area contributed by atoms with Gasteiger partial charge in [0.05, 0.1) is 12.8 Å². The molecule has 0 bridgehead atoms. The van der Waals surface area contributed by atoms with Crippen LogP contribution in [0.4, 0.5) is 5.69 Å². The number of aryl methyl sites for hydroxylation is 1. The second-order valence-electron chi connectivity index (χ2n) is 4.91. The normalized spacial score (nSPS) is 11.6. The number of rotatable bonds is 6. The van der Waals surface area contributed by atoms with Crippen molar-refractivity contribution in [3.05, 3.63) is 54.1 Å². The number of carbonyl (C=O) groups excluding carboxylic acids is 1. The van der Waals surface area contributed by atoms with E-state index >= 15 is 0 Å². The molecule has 2 rings (SSSR count). The highest BCUT2D eigenvalue weighted by atomic mass is 16.5. The number of benzene rings is 2. The van der Waals surface area contributed by atoms with Crippen LogP contribution in [0.2, 0.25) is 0 Å². The van der Waals surface area contributed by atoms with E-state index in [0.29, 0.717) is 11.4 Å². The molecule has 0 aromatic heterocycles. The zero-order valence-electron chi connectivity index (χ0n) is 13.1. The van der Waals surface area contributed by atoms with E-state index in [1.54, 1.807) is 26.2 Å². The number of para-hydroxylation sites is 3. The summed E-state index contributed by atoms with van der Waals surface area (Å²) in [5.74, 6) is 1.15. The molecule has 116 valence electrons. The van der Waals surface area contributed by atoms with Crippen molar-refractivity contribution in [2.24, 2.45) is 0 Å². The highest BCUT2D eigenvalue weighted by Crippen LogP contribution is 2.24. The van der Waals surface area contributed by atoms with Crippen molar-refractivity contribution < 1.29 is 14.3 Å². The van der Waals surface area contributed by atoms with E-state index in [4.69, 9.17) is 9.47 Å². The summed E-state index contributed by atoms with van der Waals surface area (Å²) in [7, 11) is 1.57. The SMILES string of the molecule is CCc1ccccc1O[C@@H](C)C(=O)Nc1ccccc1OC. The third kappa shape index (κ3) is 3.79. The first-order chi connectivity index (χ1) is 10.7. The zero-order chi connectivity index (χ0) is 15.9. The molecule has 4 heteroatoms. The molecule has 1 amide bonds. The third-order valence-corrected chi connectivity index (χ3v) is 3.39. The van der Waals surface area contributed by atoms with Gasteiger partial charge < -0.3 is 14.8 Å². The Balaban J connectivity index is 2.06. The Morgan fingerprint density at radius 2 is 1.73 bits per heavy atom. The molecular formula is C18H21NO3. The summed E-state index contributed by atoms with van der Waals surface area (Å²) < 4.78 is 11.0. The van der Waals surface area contributed by atoms with Crippen LogP contribution in [-0.4, -0.2) is 19.1 Å². The summed E-state index contributed by atoms with van der Waals surface area (Å²) >= 11 is 0. The molecule has 0 saturated carbocycles. The predicted molar refractivity (Wildman–Crippen MR) is 87.5 cm³/mol. The molecular weight excluding hydrogens is 278 g/mol. The molecule has 1 N–H and O–H groups in total. The van der Waals surface area contributed by atoms with Gasteiger partial charge in [0.25, 0.3) is 5.91 Å². The maximum absolute atomic E-state index is 12.3.